The second-order valence-corrected chi connectivity index (χ2v) is 8.46. The molecule has 1 amide bonds. The first-order valence-corrected chi connectivity index (χ1v) is 11.4. The van der Waals surface area contributed by atoms with E-state index in [0.717, 1.165) is 25.0 Å². The summed E-state index contributed by atoms with van der Waals surface area (Å²) in [5.74, 6) is 1.98. The number of amides is 1. The number of benzene rings is 2. The summed E-state index contributed by atoms with van der Waals surface area (Å²) in [4.78, 5) is 14.9. The van der Waals surface area contributed by atoms with E-state index in [9.17, 15) is 4.79 Å². The molecule has 0 saturated carbocycles. The highest BCUT2D eigenvalue weighted by Gasteiger charge is 2.24. The van der Waals surface area contributed by atoms with Crippen LogP contribution in [0.5, 0.6) is 17.2 Å². The molecule has 0 aromatic heterocycles. The molecule has 0 bridgehead atoms. The van der Waals surface area contributed by atoms with Crippen LogP contribution < -0.4 is 19.9 Å². The Kier molecular flexibility index (Phi) is 10.0. The summed E-state index contributed by atoms with van der Waals surface area (Å²) in [6.45, 7) is 9.24. The number of unbranched alkanes of at least 4 members (excludes halogenated alkanes) is 2. The minimum atomic E-state index is -0.0423. The maximum atomic E-state index is 13.0. The molecule has 3 N–H and O–H groups in total. The summed E-state index contributed by atoms with van der Waals surface area (Å²) < 4.78 is 17.1. The van der Waals surface area contributed by atoms with E-state index in [1.54, 1.807) is 31.4 Å². The predicted octanol–water partition coefficient (Wildman–Crippen LogP) is 4.87. The van der Waals surface area contributed by atoms with Crippen molar-refractivity contribution in [1.29, 1.82) is 5.41 Å². The van der Waals surface area contributed by atoms with Gasteiger partial charge in [-0.3, -0.25) is 10.2 Å². The number of carbonyl (C=O) groups excluding carboxylic acids is 1. The highest BCUT2D eigenvalue weighted by atomic mass is 16.5. The molecule has 2 aromatic carbocycles. The van der Waals surface area contributed by atoms with Gasteiger partial charge in [0.25, 0.3) is 5.91 Å². The molecule has 0 atom stereocenters. The van der Waals surface area contributed by atoms with Crippen LogP contribution in [0.1, 0.15) is 62.9 Å². The summed E-state index contributed by atoms with van der Waals surface area (Å²) >= 11 is 0. The van der Waals surface area contributed by atoms with Crippen LogP contribution in [0.25, 0.3) is 0 Å². The van der Waals surface area contributed by atoms with Gasteiger partial charge in [0.2, 0.25) is 0 Å². The molecular weight excluding hydrogens is 418 g/mol. The fourth-order valence-corrected chi connectivity index (χ4v) is 3.63. The monoisotopic (exact) mass is 455 g/mol. The van der Waals surface area contributed by atoms with Crippen molar-refractivity contribution in [2.45, 2.75) is 59.0 Å². The smallest absolute Gasteiger partial charge is 0.258 e. The van der Waals surface area contributed by atoms with Crippen LogP contribution in [-0.2, 0) is 0 Å². The molecule has 0 radical (unpaired) electrons. The Morgan fingerprint density at radius 2 is 1.45 bits per heavy atom. The molecule has 2 rings (SSSR count). The van der Waals surface area contributed by atoms with E-state index in [0.29, 0.717) is 35.8 Å². The predicted molar refractivity (Wildman–Crippen MR) is 132 cm³/mol. The summed E-state index contributed by atoms with van der Waals surface area (Å²) in [5, 5.41) is 7.40. The molecule has 0 aliphatic carbocycles. The Hall–Kier alpha value is -3.22. The second kappa shape index (κ2) is 12.7. The van der Waals surface area contributed by atoms with Gasteiger partial charge in [-0.1, -0.05) is 0 Å². The van der Waals surface area contributed by atoms with Gasteiger partial charge in [0.1, 0.15) is 23.1 Å². The lowest BCUT2D eigenvalue weighted by Crippen LogP contribution is -2.42. The maximum absolute atomic E-state index is 13.0. The number of ether oxygens (including phenoxy) is 3. The zero-order valence-electron chi connectivity index (χ0n) is 20.4. The lowest BCUT2D eigenvalue weighted by molar-refractivity contribution is 0.0640. The number of nitrogen functional groups attached to an aromatic ring is 1. The van der Waals surface area contributed by atoms with Gasteiger partial charge >= 0.3 is 0 Å². The zero-order valence-corrected chi connectivity index (χ0v) is 20.4. The summed E-state index contributed by atoms with van der Waals surface area (Å²) in [6, 6.07) is 12.8. The molecule has 0 heterocycles. The van der Waals surface area contributed by atoms with Crippen molar-refractivity contribution in [3.05, 3.63) is 53.6 Å². The molecule has 0 aliphatic rings. The van der Waals surface area contributed by atoms with E-state index in [4.69, 9.17) is 25.4 Å². The molecule has 7 heteroatoms. The van der Waals surface area contributed by atoms with Gasteiger partial charge < -0.3 is 24.8 Å². The van der Waals surface area contributed by atoms with E-state index < -0.39 is 0 Å². The van der Waals surface area contributed by atoms with Crippen molar-refractivity contribution < 1.29 is 19.0 Å². The average Bonchev–Trinajstić information content (AvgIpc) is 2.78. The van der Waals surface area contributed by atoms with Crippen molar-refractivity contribution in [1.82, 2.24) is 4.90 Å². The van der Waals surface area contributed by atoms with E-state index in [-0.39, 0.29) is 23.8 Å². The number of nitrogens with zero attached hydrogens (tertiary/aromatic N) is 1. The van der Waals surface area contributed by atoms with Gasteiger partial charge in [0.05, 0.1) is 25.9 Å². The average molecular weight is 456 g/mol. The molecule has 0 spiro atoms. The molecule has 0 aliphatic heterocycles. The van der Waals surface area contributed by atoms with Crippen molar-refractivity contribution in [3.8, 4) is 17.2 Å². The molecule has 33 heavy (non-hydrogen) atoms. The van der Waals surface area contributed by atoms with Crippen LogP contribution in [0.15, 0.2) is 42.5 Å². The Morgan fingerprint density at radius 1 is 0.909 bits per heavy atom. The van der Waals surface area contributed by atoms with Gasteiger partial charge in [-0.15, -0.1) is 0 Å². The third kappa shape index (κ3) is 7.70. The quantitative estimate of drug-likeness (QED) is 0.255. The first kappa shape index (κ1) is 26.0. The Morgan fingerprint density at radius 3 is 1.97 bits per heavy atom. The van der Waals surface area contributed by atoms with Crippen LogP contribution >= 0.6 is 0 Å². The fraction of sp³-hybridized carbons (Fsp3) is 0.462. The number of rotatable bonds is 13. The van der Waals surface area contributed by atoms with Gasteiger partial charge in [-0.25, -0.2) is 0 Å². The zero-order chi connectivity index (χ0) is 24.4. The van der Waals surface area contributed by atoms with E-state index in [1.807, 2.05) is 50.8 Å². The Bertz CT molecular complexity index is 902. The third-order valence-corrected chi connectivity index (χ3v) is 5.24. The summed E-state index contributed by atoms with van der Waals surface area (Å²) in [6.07, 6.45) is 2.77. The minimum absolute atomic E-state index is 0.0423. The van der Waals surface area contributed by atoms with Crippen LogP contribution in [0.2, 0.25) is 0 Å². The number of methoxy groups -OCH3 is 1. The number of hydrogen-bond donors (Lipinski definition) is 2. The molecular formula is C26H37N3O4. The van der Waals surface area contributed by atoms with Crippen LogP contribution in [0.3, 0.4) is 0 Å². The molecule has 2 aromatic rings. The normalized spacial score (nSPS) is 10.9. The third-order valence-electron chi connectivity index (χ3n) is 5.24. The standard InChI is InChI=1S/C26H37N3O4/c1-18(2)29(19(3)4)26(30)23-14-13-22(17-24(23)31-5)33-16-8-6-7-15-32-21-11-9-20(10-12-21)25(27)28/h9-14,17-19H,6-8,15-16H2,1-5H3,(H3,27,28). The van der Waals surface area contributed by atoms with Crippen LogP contribution in [0, 0.1) is 5.41 Å². The van der Waals surface area contributed by atoms with Crippen molar-refractivity contribution in [3.63, 3.8) is 0 Å². The van der Waals surface area contributed by atoms with E-state index in [2.05, 4.69) is 0 Å². The van der Waals surface area contributed by atoms with Crippen molar-refractivity contribution in [2.75, 3.05) is 20.3 Å². The number of carbonyl (C=O) groups is 1. The highest BCUT2D eigenvalue weighted by Crippen LogP contribution is 2.27. The van der Waals surface area contributed by atoms with Crippen LogP contribution in [-0.4, -0.2) is 49.0 Å². The van der Waals surface area contributed by atoms with Crippen molar-refractivity contribution >= 4 is 11.7 Å². The molecule has 7 nitrogen and oxygen atoms in total. The fourth-order valence-electron chi connectivity index (χ4n) is 3.63. The van der Waals surface area contributed by atoms with Gasteiger partial charge in [0.15, 0.2) is 0 Å². The minimum Gasteiger partial charge on any atom is -0.496 e. The van der Waals surface area contributed by atoms with Gasteiger partial charge in [-0.05, 0) is 83.4 Å². The summed E-state index contributed by atoms with van der Waals surface area (Å²) in [5.41, 5.74) is 6.68. The lowest BCUT2D eigenvalue weighted by atomic mass is 10.1. The number of nitrogens with two attached hydrogens (primary N) is 1. The second-order valence-electron chi connectivity index (χ2n) is 8.46. The largest absolute Gasteiger partial charge is 0.496 e. The number of amidine groups is 1. The Balaban J connectivity index is 1.77. The SMILES string of the molecule is COc1cc(OCCCCCOc2ccc(C(=N)N)cc2)ccc1C(=O)N(C(C)C)C(C)C. The van der Waals surface area contributed by atoms with Gasteiger partial charge in [0, 0.05) is 23.7 Å². The van der Waals surface area contributed by atoms with Crippen LogP contribution in [0.4, 0.5) is 0 Å². The van der Waals surface area contributed by atoms with Gasteiger partial charge in [-0.2, -0.15) is 0 Å². The Labute approximate surface area is 197 Å². The number of hydrogen-bond acceptors (Lipinski definition) is 5. The van der Waals surface area contributed by atoms with E-state index in [1.165, 1.54) is 0 Å². The topological polar surface area (TPSA) is 97.9 Å². The lowest BCUT2D eigenvalue weighted by Gasteiger charge is -2.31. The highest BCUT2D eigenvalue weighted by molar-refractivity contribution is 5.97. The first-order chi connectivity index (χ1) is 15.7. The summed E-state index contributed by atoms with van der Waals surface area (Å²) in [7, 11) is 1.57. The molecule has 0 saturated heterocycles. The number of nitrogens with one attached hydrogen (secondary N) is 1. The molecule has 0 unspecified atom stereocenters. The first-order valence-electron chi connectivity index (χ1n) is 11.4. The van der Waals surface area contributed by atoms with Crippen molar-refractivity contribution in [2.24, 2.45) is 5.73 Å². The maximum Gasteiger partial charge on any atom is 0.258 e. The molecule has 180 valence electrons. The molecule has 0 fully saturated rings. The van der Waals surface area contributed by atoms with E-state index >= 15 is 0 Å².